The third-order valence-corrected chi connectivity index (χ3v) is 3.46. The van der Waals surface area contributed by atoms with E-state index in [1.807, 2.05) is 32.0 Å². The monoisotopic (exact) mass is 307 g/mol. The normalized spacial score (nSPS) is 10.7. The van der Waals surface area contributed by atoms with Gasteiger partial charge in [-0.15, -0.1) is 0 Å². The average molecular weight is 308 g/mol. The van der Waals surface area contributed by atoms with Gasteiger partial charge in [-0.3, -0.25) is 0 Å². The zero-order valence-corrected chi connectivity index (χ0v) is 13.0. The highest BCUT2D eigenvalue weighted by Crippen LogP contribution is 2.26. The molecule has 0 fully saturated rings. The first-order valence-electron chi connectivity index (χ1n) is 6.97. The lowest BCUT2D eigenvalue weighted by Crippen LogP contribution is -2.12. The summed E-state index contributed by atoms with van der Waals surface area (Å²) in [6, 6.07) is 10.6. The van der Waals surface area contributed by atoms with E-state index in [0.717, 1.165) is 24.2 Å². The Morgan fingerprint density at radius 2 is 2.00 bits per heavy atom. The molecule has 1 N–H and O–H groups in total. The summed E-state index contributed by atoms with van der Waals surface area (Å²) in [5, 5.41) is 3.76. The minimum atomic E-state index is -0.265. The van der Waals surface area contributed by atoms with Crippen molar-refractivity contribution in [2.45, 2.75) is 27.0 Å². The highest BCUT2D eigenvalue weighted by molar-refractivity contribution is 6.32. The topological polar surface area (TPSA) is 21.3 Å². The first kappa shape index (κ1) is 15.8. The maximum absolute atomic E-state index is 13.8. The largest absolute Gasteiger partial charge is 0.487 e. The van der Waals surface area contributed by atoms with Gasteiger partial charge in [-0.05, 0) is 48.9 Å². The fourth-order valence-electron chi connectivity index (χ4n) is 2.00. The highest BCUT2D eigenvalue weighted by Gasteiger charge is 2.07. The van der Waals surface area contributed by atoms with Crippen LogP contribution in [-0.2, 0) is 13.2 Å². The fourth-order valence-corrected chi connectivity index (χ4v) is 2.29. The van der Waals surface area contributed by atoms with E-state index in [1.165, 1.54) is 6.07 Å². The van der Waals surface area contributed by atoms with E-state index in [-0.39, 0.29) is 12.4 Å². The van der Waals surface area contributed by atoms with Gasteiger partial charge >= 0.3 is 0 Å². The first-order chi connectivity index (χ1) is 10.1. The summed E-state index contributed by atoms with van der Waals surface area (Å²) in [5.74, 6) is 0.303. The smallest absolute Gasteiger partial charge is 0.138 e. The Morgan fingerprint density at radius 3 is 2.71 bits per heavy atom. The molecular weight excluding hydrogens is 289 g/mol. The van der Waals surface area contributed by atoms with Gasteiger partial charge in [-0.2, -0.15) is 0 Å². The second-order valence-electron chi connectivity index (χ2n) is 4.93. The predicted octanol–water partition coefficient (Wildman–Crippen LogP) is 4.48. The molecule has 0 aliphatic rings. The van der Waals surface area contributed by atoms with Crippen LogP contribution in [0.25, 0.3) is 0 Å². The third kappa shape index (κ3) is 4.45. The molecule has 0 amide bonds. The van der Waals surface area contributed by atoms with Gasteiger partial charge in [-0.1, -0.05) is 30.7 Å². The molecule has 0 radical (unpaired) electrons. The number of hydrogen-bond donors (Lipinski definition) is 1. The maximum Gasteiger partial charge on any atom is 0.138 e. The van der Waals surface area contributed by atoms with E-state index >= 15 is 0 Å². The number of nitrogens with one attached hydrogen (secondary N) is 1. The number of benzene rings is 2. The van der Waals surface area contributed by atoms with E-state index in [4.69, 9.17) is 16.3 Å². The standard InChI is InChI=1S/C17H19ClFNO/c1-3-20-10-13-5-6-16(19)14(9-13)11-21-17-7-4-12(2)8-15(17)18/h4-9,20H,3,10-11H2,1-2H3. The number of halogens is 2. The summed E-state index contributed by atoms with van der Waals surface area (Å²) in [4.78, 5) is 0. The lowest BCUT2D eigenvalue weighted by molar-refractivity contribution is 0.300. The van der Waals surface area contributed by atoms with E-state index in [9.17, 15) is 4.39 Å². The van der Waals surface area contributed by atoms with Crippen LogP contribution in [-0.4, -0.2) is 6.54 Å². The van der Waals surface area contributed by atoms with Crippen molar-refractivity contribution >= 4 is 11.6 Å². The van der Waals surface area contributed by atoms with Crippen molar-refractivity contribution in [2.24, 2.45) is 0 Å². The molecule has 0 aliphatic carbocycles. The Bertz CT molecular complexity index is 616. The van der Waals surface area contributed by atoms with Crippen LogP contribution in [0.1, 0.15) is 23.6 Å². The number of hydrogen-bond acceptors (Lipinski definition) is 2. The summed E-state index contributed by atoms with van der Waals surface area (Å²) in [6.45, 7) is 5.75. The maximum atomic E-state index is 13.8. The van der Waals surface area contributed by atoms with Crippen LogP contribution in [0.2, 0.25) is 5.02 Å². The van der Waals surface area contributed by atoms with Crippen LogP contribution in [0.15, 0.2) is 36.4 Å². The van der Waals surface area contributed by atoms with Gasteiger partial charge in [0.05, 0.1) is 5.02 Å². The predicted molar refractivity (Wildman–Crippen MR) is 84.3 cm³/mol. The SMILES string of the molecule is CCNCc1ccc(F)c(COc2ccc(C)cc2Cl)c1. The van der Waals surface area contributed by atoms with E-state index in [2.05, 4.69) is 5.32 Å². The van der Waals surface area contributed by atoms with Crippen LogP contribution in [0, 0.1) is 12.7 Å². The average Bonchev–Trinajstić information content (AvgIpc) is 2.46. The van der Waals surface area contributed by atoms with Crippen molar-refractivity contribution in [1.29, 1.82) is 0 Å². The molecule has 0 unspecified atom stereocenters. The molecule has 0 saturated heterocycles. The molecule has 0 aliphatic heterocycles. The third-order valence-electron chi connectivity index (χ3n) is 3.16. The summed E-state index contributed by atoms with van der Waals surface area (Å²) < 4.78 is 19.5. The van der Waals surface area contributed by atoms with E-state index in [0.29, 0.717) is 16.3 Å². The van der Waals surface area contributed by atoms with Gasteiger partial charge in [0.2, 0.25) is 0 Å². The Labute approximate surface area is 129 Å². The highest BCUT2D eigenvalue weighted by atomic mass is 35.5. The lowest BCUT2D eigenvalue weighted by Gasteiger charge is -2.11. The Morgan fingerprint density at radius 1 is 1.19 bits per heavy atom. The van der Waals surface area contributed by atoms with Crippen molar-refractivity contribution < 1.29 is 9.13 Å². The molecule has 0 spiro atoms. The lowest BCUT2D eigenvalue weighted by atomic mass is 10.1. The Kier molecular flexibility index (Phi) is 5.59. The molecule has 0 atom stereocenters. The number of aryl methyl sites for hydroxylation is 1. The van der Waals surface area contributed by atoms with Crippen LogP contribution in [0.3, 0.4) is 0 Å². The van der Waals surface area contributed by atoms with Gasteiger partial charge in [-0.25, -0.2) is 4.39 Å². The molecule has 2 nitrogen and oxygen atoms in total. The molecule has 0 bridgehead atoms. The molecule has 0 heterocycles. The van der Waals surface area contributed by atoms with Gasteiger partial charge in [0.1, 0.15) is 18.2 Å². The van der Waals surface area contributed by atoms with Gasteiger partial charge < -0.3 is 10.1 Å². The zero-order chi connectivity index (χ0) is 15.2. The summed E-state index contributed by atoms with van der Waals surface area (Å²) in [7, 11) is 0. The summed E-state index contributed by atoms with van der Waals surface area (Å²) >= 11 is 6.11. The minimum absolute atomic E-state index is 0.161. The van der Waals surface area contributed by atoms with Crippen LogP contribution in [0.4, 0.5) is 4.39 Å². The molecule has 112 valence electrons. The quantitative estimate of drug-likeness (QED) is 0.850. The molecule has 2 rings (SSSR count). The Hall–Kier alpha value is -1.58. The molecule has 4 heteroatoms. The van der Waals surface area contributed by atoms with Crippen molar-refractivity contribution in [3.63, 3.8) is 0 Å². The molecule has 0 saturated carbocycles. The molecule has 2 aromatic rings. The van der Waals surface area contributed by atoms with E-state index in [1.54, 1.807) is 12.1 Å². The van der Waals surface area contributed by atoms with Crippen molar-refractivity contribution in [2.75, 3.05) is 6.54 Å². The van der Waals surface area contributed by atoms with Crippen molar-refractivity contribution in [3.8, 4) is 5.75 Å². The van der Waals surface area contributed by atoms with E-state index < -0.39 is 0 Å². The molecular formula is C17H19ClFNO. The molecule has 2 aromatic carbocycles. The summed E-state index contributed by atoms with van der Waals surface area (Å²) in [6.07, 6.45) is 0. The van der Waals surface area contributed by atoms with Crippen LogP contribution in [0.5, 0.6) is 5.75 Å². The second kappa shape index (κ2) is 7.43. The van der Waals surface area contributed by atoms with Crippen LogP contribution < -0.4 is 10.1 Å². The molecule has 21 heavy (non-hydrogen) atoms. The van der Waals surface area contributed by atoms with Crippen molar-refractivity contribution in [3.05, 3.63) is 63.9 Å². The van der Waals surface area contributed by atoms with Gasteiger partial charge in [0, 0.05) is 12.1 Å². The van der Waals surface area contributed by atoms with Crippen LogP contribution >= 0.6 is 11.6 Å². The minimum Gasteiger partial charge on any atom is -0.487 e. The van der Waals surface area contributed by atoms with Gasteiger partial charge in [0.25, 0.3) is 0 Å². The summed E-state index contributed by atoms with van der Waals surface area (Å²) in [5.41, 5.74) is 2.63. The fraction of sp³-hybridized carbons (Fsp3) is 0.294. The molecule has 0 aromatic heterocycles. The van der Waals surface area contributed by atoms with Crippen molar-refractivity contribution in [1.82, 2.24) is 5.32 Å². The zero-order valence-electron chi connectivity index (χ0n) is 12.2. The number of ether oxygens (including phenoxy) is 1. The first-order valence-corrected chi connectivity index (χ1v) is 7.35. The van der Waals surface area contributed by atoms with Gasteiger partial charge in [0.15, 0.2) is 0 Å². The number of rotatable bonds is 6. The Balaban J connectivity index is 2.08. The second-order valence-corrected chi connectivity index (χ2v) is 5.34.